The number of methoxy groups -OCH3 is 1. The first-order valence-electron chi connectivity index (χ1n) is 7.80. The van der Waals surface area contributed by atoms with Gasteiger partial charge in [0.2, 0.25) is 0 Å². The molecule has 3 rings (SSSR count). The van der Waals surface area contributed by atoms with Crippen LogP contribution in [-0.2, 0) is 13.2 Å². The second-order valence-electron chi connectivity index (χ2n) is 5.76. The molecule has 0 aliphatic rings. The third-order valence-electron chi connectivity index (χ3n) is 3.79. The van der Waals surface area contributed by atoms with Crippen molar-refractivity contribution in [3.63, 3.8) is 0 Å². The van der Waals surface area contributed by atoms with Crippen LogP contribution >= 0.6 is 11.6 Å². The van der Waals surface area contributed by atoms with Crippen molar-refractivity contribution in [3.05, 3.63) is 69.6 Å². The maximum Gasteiger partial charge on any atom is 0.373 e. The summed E-state index contributed by atoms with van der Waals surface area (Å²) in [5.74, 6) is 0.768. The van der Waals surface area contributed by atoms with E-state index in [1.165, 1.54) is 9.36 Å². The van der Waals surface area contributed by atoms with Crippen molar-refractivity contribution in [1.82, 2.24) is 19.8 Å². The van der Waals surface area contributed by atoms with Gasteiger partial charge in [0.1, 0.15) is 12.3 Å². The summed E-state index contributed by atoms with van der Waals surface area (Å²) in [5, 5.41) is 8.57. The molecule has 3 aromatic rings. The van der Waals surface area contributed by atoms with Crippen LogP contribution in [0.4, 0.5) is 0 Å². The maximum absolute atomic E-state index is 12.5. The van der Waals surface area contributed by atoms with Gasteiger partial charge in [0.25, 0.3) is 0 Å². The minimum absolute atomic E-state index is 0.274. The fourth-order valence-electron chi connectivity index (χ4n) is 2.63. The summed E-state index contributed by atoms with van der Waals surface area (Å²) in [7, 11) is 3.59. The SMILES string of the molecule is COc1ccc(Cl)cc1C[NH+](C)Cn1nnn(-c2ccccc2)c1=O. The molecule has 8 heteroatoms. The Morgan fingerprint density at radius 2 is 1.92 bits per heavy atom. The Balaban J connectivity index is 1.76. The lowest BCUT2D eigenvalue weighted by Gasteiger charge is -2.15. The number of nitrogens with one attached hydrogen (secondary N) is 1. The lowest BCUT2D eigenvalue weighted by molar-refractivity contribution is -0.917. The van der Waals surface area contributed by atoms with Gasteiger partial charge < -0.3 is 9.64 Å². The highest BCUT2D eigenvalue weighted by atomic mass is 35.5. The highest BCUT2D eigenvalue weighted by Crippen LogP contribution is 2.21. The third-order valence-corrected chi connectivity index (χ3v) is 4.03. The van der Waals surface area contributed by atoms with Crippen LogP contribution in [0.25, 0.3) is 5.69 Å². The zero-order valence-corrected chi connectivity index (χ0v) is 14.8. The standard InChI is InChI=1S/C17H18ClN5O2/c1-21(11-13-10-14(18)8-9-16(13)25-2)12-22-17(24)23(20-19-22)15-6-4-3-5-7-15/h3-10H,11-12H2,1-2H3/p+1. The number of nitrogens with zero attached hydrogens (tertiary/aromatic N) is 4. The van der Waals surface area contributed by atoms with Gasteiger partial charge >= 0.3 is 5.69 Å². The molecule has 0 fully saturated rings. The summed E-state index contributed by atoms with van der Waals surface area (Å²) >= 11 is 6.07. The number of para-hydroxylation sites is 1. The van der Waals surface area contributed by atoms with Gasteiger partial charge in [-0.1, -0.05) is 29.8 Å². The van der Waals surface area contributed by atoms with E-state index in [-0.39, 0.29) is 5.69 Å². The lowest BCUT2D eigenvalue weighted by Crippen LogP contribution is -3.07. The molecule has 1 N–H and O–H groups in total. The molecular weight excluding hydrogens is 342 g/mol. The highest BCUT2D eigenvalue weighted by Gasteiger charge is 2.15. The first-order chi connectivity index (χ1) is 12.1. The molecular formula is C17H19ClN5O2+. The van der Waals surface area contributed by atoms with Gasteiger partial charge in [0.15, 0.2) is 6.67 Å². The quantitative estimate of drug-likeness (QED) is 0.705. The normalized spacial score (nSPS) is 12.1. The Morgan fingerprint density at radius 3 is 2.64 bits per heavy atom. The molecule has 0 amide bonds. The van der Waals surface area contributed by atoms with Gasteiger partial charge in [-0.3, -0.25) is 0 Å². The molecule has 1 atom stereocenters. The minimum Gasteiger partial charge on any atom is -0.496 e. The number of benzene rings is 2. The van der Waals surface area contributed by atoms with Crippen LogP contribution in [0.3, 0.4) is 0 Å². The molecule has 2 aromatic carbocycles. The van der Waals surface area contributed by atoms with Gasteiger partial charge in [-0.15, -0.1) is 4.68 Å². The molecule has 1 unspecified atom stereocenters. The van der Waals surface area contributed by atoms with E-state index >= 15 is 0 Å². The number of hydrogen-bond donors (Lipinski definition) is 1. The van der Waals surface area contributed by atoms with Crippen molar-refractivity contribution in [2.45, 2.75) is 13.2 Å². The van der Waals surface area contributed by atoms with E-state index in [1.807, 2.05) is 49.5 Å². The maximum atomic E-state index is 12.5. The fraction of sp³-hybridized carbons (Fsp3) is 0.235. The molecule has 1 heterocycles. The Morgan fingerprint density at radius 1 is 1.16 bits per heavy atom. The molecule has 0 bridgehead atoms. The number of tetrazole rings is 1. The molecule has 1 aromatic heterocycles. The Bertz CT molecular complexity index is 907. The van der Waals surface area contributed by atoms with Crippen LogP contribution in [0.15, 0.2) is 53.3 Å². The molecule has 7 nitrogen and oxygen atoms in total. The summed E-state index contributed by atoms with van der Waals surface area (Å²) < 4.78 is 8.00. The van der Waals surface area contributed by atoms with Crippen LogP contribution in [0.5, 0.6) is 5.75 Å². The van der Waals surface area contributed by atoms with Gasteiger partial charge in [-0.2, -0.15) is 4.68 Å². The number of hydrogen-bond acceptors (Lipinski definition) is 4. The highest BCUT2D eigenvalue weighted by molar-refractivity contribution is 6.30. The van der Waals surface area contributed by atoms with Gasteiger partial charge in [-0.05, 0) is 40.8 Å². The van der Waals surface area contributed by atoms with E-state index in [9.17, 15) is 4.79 Å². The van der Waals surface area contributed by atoms with E-state index in [0.717, 1.165) is 16.2 Å². The van der Waals surface area contributed by atoms with E-state index in [4.69, 9.17) is 16.3 Å². The zero-order valence-electron chi connectivity index (χ0n) is 14.0. The monoisotopic (exact) mass is 360 g/mol. The molecule has 0 saturated carbocycles. The van der Waals surface area contributed by atoms with Crippen LogP contribution in [-0.4, -0.2) is 33.9 Å². The van der Waals surface area contributed by atoms with Crippen molar-refractivity contribution in [2.75, 3.05) is 14.2 Å². The number of ether oxygens (including phenoxy) is 1. The Labute approximate surface area is 150 Å². The number of rotatable bonds is 6. The first-order valence-corrected chi connectivity index (χ1v) is 8.18. The molecule has 0 aliphatic heterocycles. The van der Waals surface area contributed by atoms with Crippen molar-refractivity contribution in [1.29, 1.82) is 0 Å². The van der Waals surface area contributed by atoms with Crippen LogP contribution < -0.4 is 15.3 Å². The van der Waals surface area contributed by atoms with E-state index in [1.54, 1.807) is 13.2 Å². The lowest BCUT2D eigenvalue weighted by atomic mass is 10.2. The minimum atomic E-state index is -0.274. The number of aromatic nitrogens is 4. The van der Waals surface area contributed by atoms with E-state index < -0.39 is 0 Å². The molecule has 25 heavy (non-hydrogen) atoms. The first kappa shape index (κ1) is 17.2. The van der Waals surface area contributed by atoms with Crippen molar-refractivity contribution < 1.29 is 9.64 Å². The number of quaternary nitrogens is 1. The summed E-state index contributed by atoms with van der Waals surface area (Å²) in [6, 6.07) is 14.7. The summed E-state index contributed by atoms with van der Waals surface area (Å²) in [6.07, 6.45) is 0. The van der Waals surface area contributed by atoms with Crippen LogP contribution in [0.1, 0.15) is 5.56 Å². The van der Waals surface area contributed by atoms with E-state index in [0.29, 0.717) is 23.9 Å². The molecule has 0 spiro atoms. The predicted molar refractivity (Wildman–Crippen MR) is 94.2 cm³/mol. The Kier molecular flexibility index (Phi) is 5.16. The summed E-state index contributed by atoms with van der Waals surface area (Å²) in [5.41, 5.74) is 1.38. The summed E-state index contributed by atoms with van der Waals surface area (Å²) in [4.78, 5) is 13.5. The van der Waals surface area contributed by atoms with Crippen molar-refractivity contribution in [3.8, 4) is 11.4 Å². The molecule has 0 radical (unpaired) electrons. The second kappa shape index (κ2) is 7.50. The molecule has 0 saturated heterocycles. The van der Waals surface area contributed by atoms with E-state index in [2.05, 4.69) is 10.4 Å². The summed E-state index contributed by atoms with van der Waals surface area (Å²) in [6.45, 7) is 1.01. The predicted octanol–water partition coefficient (Wildman–Crippen LogP) is 0.763. The average molecular weight is 361 g/mol. The van der Waals surface area contributed by atoms with Crippen LogP contribution in [0.2, 0.25) is 5.02 Å². The van der Waals surface area contributed by atoms with Gasteiger partial charge in [-0.25, -0.2) is 4.79 Å². The van der Waals surface area contributed by atoms with Gasteiger partial charge in [0.05, 0.1) is 19.8 Å². The van der Waals surface area contributed by atoms with Crippen LogP contribution in [0, 0.1) is 0 Å². The molecule has 130 valence electrons. The zero-order chi connectivity index (χ0) is 17.8. The fourth-order valence-corrected chi connectivity index (χ4v) is 2.82. The molecule has 0 aliphatic carbocycles. The topological polar surface area (TPSA) is 66.4 Å². The number of halogens is 1. The smallest absolute Gasteiger partial charge is 0.373 e. The second-order valence-corrected chi connectivity index (χ2v) is 6.19. The average Bonchev–Trinajstić information content (AvgIpc) is 2.96. The van der Waals surface area contributed by atoms with Gasteiger partial charge in [0, 0.05) is 10.6 Å². The largest absolute Gasteiger partial charge is 0.496 e. The third kappa shape index (κ3) is 3.89. The Hall–Kier alpha value is -2.64. The van der Waals surface area contributed by atoms with Crippen molar-refractivity contribution in [2.24, 2.45) is 0 Å². The van der Waals surface area contributed by atoms with Crippen molar-refractivity contribution >= 4 is 11.6 Å².